The Bertz CT molecular complexity index is 436. The van der Waals surface area contributed by atoms with Gasteiger partial charge in [-0.3, -0.25) is 0 Å². The van der Waals surface area contributed by atoms with E-state index in [1.807, 2.05) is 0 Å². The number of aromatic nitrogens is 1. The van der Waals surface area contributed by atoms with E-state index in [1.165, 1.54) is 11.3 Å². The average molecular weight is 202 g/mol. The summed E-state index contributed by atoms with van der Waals surface area (Å²) in [5.41, 5.74) is -0.633. The fraction of sp³-hybridized carbons (Fsp3) is 0. The maximum Gasteiger partial charge on any atom is 0.511 e. The minimum absolute atomic E-state index is 0.557. The Morgan fingerprint density at radius 2 is 2.08 bits per heavy atom. The zero-order chi connectivity index (χ0) is 9.47. The Labute approximate surface area is 76.3 Å². The molecular weight excluding hydrogens is 198 g/mol. The van der Waals surface area contributed by atoms with E-state index in [2.05, 4.69) is 4.98 Å². The van der Waals surface area contributed by atoms with Crippen molar-refractivity contribution in [3.8, 4) is 0 Å². The molecule has 0 fully saturated rings. The summed E-state index contributed by atoms with van der Waals surface area (Å²) in [5.74, 6) is 0. The van der Waals surface area contributed by atoms with Crippen molar-refractivity contribution in [2.45, 2.75) is 0 Å². The molecule has 13 heavy (non-hydrogen) atoms. The summed E-state index contributed by atoms with van der Waals surface area (Å²) in [6.07, 6.45) is 0.888. The minimum atomic E-state index is -4.92. The molecule has 0 aliphatic heterocycles. The van der Waals surface area contributed by atoms with Crippen LogP contribution in [0.4, 0.5) is 12.9 Å². The summed E-state index contributed by atoms with van der Waals surface area (Å²) >= 11 is 1.34. The first-order chi connectivity index (χ1) is 6.07. The molecule has 0 spiro atoms. The van der Waals surface area contributed by atoms with Crippen molar-refractivity contribution in [1.29, 1.82) is 0 Å². The summed E-state index contributed by atoms with van der Waals surface area (Å²) in [5, 5.41) is 2.28. The molecule has 0 aromatic carbocycles. The second-order valence-corrected chi connectivity index (χ2v) is 3.55. The Morgan fingerprint density at radius 3 is 2.77 bits per heavy atom. The highest BCUT2D eigenvalue weighted by molar-refractivity contribution is 7.16. The standard InChI is InChI=1S/C7H4BF3NS/c9-8(10,11)6-3-5-1-2-13-7(5)12-4-6/h1-4H/q-1. The molecule has 0 atom stereocenters. The number of pyridine rings is 1. The smallest absolute Gasteiger partial charge is 0.445 e. The van der Waals surface area contributed by atoms with Gasteiger partial charge in [0.1, 0.15) is 4.83 Å². The molecular formula is C7H4BF3NS-. The fourth-order valence-corrected chi connectivity index (χ4v) is 1.78. The van der Waals surface area contributed by atoms with Gasteiger partial charge in [-0.2, -0.15) is 0 Å². The molecule has 0 aliphatic rings. The Kier molecular flexibility index (Phi) is 1.80. The molecule has 6 heteroatoms. The summed E-state index contributed by atoms with van der Waals surface area (Å²) < 4.78 is 36.7. The molecule has 2 heterocycles. The van der Waals surface area contributed by atoms with Gasteiger partial charge in [0, 0.05) is 11.6 Å². The lowest BCUT2D eigenvalue weighted by Gasteiger charge is -2.13. The predicted octanol–water partition coefficient (Wildman–Crippen LogP) is 2.35. The number of thiophene rings is 1. The SMILES string of the molecule is F[B-](F)(F)c1cnc2sccc2c1. The maximum absolute atomic E-state index is 12.2. The predicted molar refractivity (Wildman–Crippen MR) is 48.3 cm³/mol. The number of halogens is 3. The van der Waals surface area contributed by atoms with E-state index in [0.717, 1.165) is 12.3 Å². The molecule has 0 bridgehead atoms. The number of hydrogen-bond donors (Lipinski definition) is 0. The van der Waals surface area contributed by atoms with Crippen molar-refractivity contribution in [3.05, 3.63) is 23.7 Å². The van der Waals surface area contributed by atoms with E-state index >= 15 is 0 Å². The first kappa shape index (κ1) is 8.56. The second-order valence-electron chi connectivity index (χ2n) is 2.66. The van der Waals surface area contributed by atoms with Crippen LogP contribution in [0.1, 0.15) is 0 Å². The lowest BCUT2D eigenvalue weighted by Crippen LogP contribution is -2.34. The number of rotatable bonds is 1. The van der Waals surface area contributed by atoms with Gasteiger partial charge in [0.2, 0.25) is 0 Å². The van der Waals surface area contributed by atoms with Gasteiger partial charge < -0.3 is 12.9 Å². The van der Waals surface area contributed by atoms with Crippen LogP contribution < -0.4 is 5.46 Å². The Morgan fingerprint density at radius 1 is 1.31 bits per heavy atom. The van der Waals surface area contributed by atoms with E-state index in [0.29, 0.717) is 10.2 Å². The molecule has 2 rings (SSSR count). The zero-order valence-electron chi connectivity index (χ0n) is 6.38. The van der Waals surface area contributed by atoms with E-state index in [1.54, 1.807) is 11.4 Å². The van der Waals surface area contributed by atoms with Gasteiger partial charge in [-0.25, -0.2) is 4.98 Å². The molecule has 0 aliphatic carbocycles. The highest BCUT2D eigenvalue weighted by atomic mass is 32.1. The third-order valence-electron chi connectivity index (χ3n) is 1.71. The first-order valence-electron chi connectivity index (χ1n) is 3.60. The van der Waals surface area contributed by atoms with Crippen LogP contribution in [-0.2, 0) is 0 Å². The van der Waals surface area contributed by atoms with Crippen molar-refractivity contribution >= 4 is 34.0 Å². The lowest BCUT2D eigenvalue weighted by atomic mass is 9.81. The molecule has 0 radical (unpaired) electrons. The molecule has 2 aromatic heterocycles. The van der Waals surface area contributed by atoms with Gasteiger partial charge >= 0.3 is 6.98 Å². The van der Waals surface area contributed by atoms with Gasteiger partial charge in [-0.1, -0.05) is 11.5 Å². The normalized spacial score (nSPS) is 12.2. The van der Waals surface area contributed by atoms with Crippen molar-refractivity contribution in [2.24, 2.45) is 0 Å². The molecule has 1 nitrogen and oxygen atoms in total. The number of nitrogens with zero attached hydrogens (tertiary/aromatic N) is 1. The van der Waals surface area contributed by atoms with Crippen LogP contribution in [0.5, 0.6) is 0 Å². The molecule has 68 valence electrons. The van der Waals surface area contributed by atoms with E-state index < -0.39 is 12.4 Å². The molecule has 0 saturated heterocycles. The van der Waals surface area contributed by atoms with Gasteiger partial charge in [0.05, 0.1) is 0 Å². The van der Waals surface area contributed by atoms with Crippen molar-refractivity contribution in [2.75, 3.05) is 0 Å². The average Bonchev–Trinajstić information content (AvgIpc) is 2.47. The topological polar surface area (TPSA) is 12.9 Å². The van der Waals surface area contributed by atoms with Crippen molar-refractivity contribution in [3.63, 3.8) is 0 Å². The molecule has 2 aromatic rings. The van der Waals surface area contributed by atoms with Crippen molar-refractivity contribution < 1.29 is 12.9 Å². The van der Waals surface area contributed by atoms with Crippen LogP contribution >= 0.6 is 11.3 Å². The van der Waals surface area contributed by atoms with Gasteiger partial charge in [-0.05, 0) is 11.4 Å². The van der Waals surface area contributed by atoms with Crippen LogP contribution in [0.3, 0.4) is 0 Å². The van der Waals surface area contributed by atoms with Crippen LogP contribution in [0.15, 0.2) is 23.7 Å². The van der Waals surface area contributed by atoms with Gasteiger partial charge in [-0.15, -0.1) is 11.3 Å². The highest BCUT2D eigenvalue weighted by Crippen LogP contribution is 2.18. The molecule has 0 saturated carbocycles. The quantitative estimate of drug-likeness (QED) is 0.646. The van der Waals surface area contributed by atoms with Gasteiger partial charge in [0.25, 0.3) is 0 Å². The van der Waals surface area contributed by atoms with E-state index in [4.69, 9.17) is 0 Å². The van der Waals surface area contributed by atoms with E-state index in [9.17, 15) is 12.9 Å². The fourth-order valence-electron chi connectivity index (χ4n) is 1.05. The van der Waals surface area contributed by atoms with Crippen LogP contribution in [-0.4, -0.2) is 12.0 Å². The highest BCUT2D eigenvalue weighted by Gasteiger charge is 2.25. The number of fused-ring (bicyclic) bond motifs is 1. The molecule has 0 amide bonds. The maximum atomic E-state index is 12.2. The third kappa shape index (κ3) is 1.53. The number of hydrogen-bond acceptors (Lipinski definition) is 2. The molecule has 0 N–H and O–H groups in total. The second kappa shape index (κ2) is 2.73. The minimum Gasteiger partial charge on any atom is -0.445 e. The lowest BCUT2D eigenvalue weighted by molar-refractivity contribution is 0.501. The van der Waals surface area contributed by atoms with Crippen LogP contribution in [0.2, 0.25) is 0 Å². The van der Waals surface area contributed by atoms with Crippen molar-refractivity contribution in [1.82, 2.24) is 4.98 Å². The summed E-state index contributed by atoms with van der Waals surface area (Å²) in [4.78, 5) is 4.36. The van der Waals surface area contributed by atoms with Gasteiger partial charge in [0.15, 0.2) is 0 Å². The largest absolute Gasteiger partial charge is 0.511 e. The zero-order valence-corrected chi connectivity index (χ0v) is 7.19. The third-order valence-corrected chi connectivity index (χ3v) is 2.54. The summed E-state index contributed by atoms with van der Waals surface area (Å²) in [6, 6.07) is 2.77. The van der Waals surface area contributed by atoms with E-state index in [-0.39, 0.29) is 0 Å². The van der Waals surface area contributed by atoms with Crippen LogP contribution in [0, 0.1) is 0 Å². The summed E-state index contributed by atoms with van der Waals surface area (Å²) in [7, 11) is 0. The monoisotopic (exact) mass is 202 g/mol. The Balaban J connectivity index is 2.61. The summed E-state index contributed by atoms with van der Waals surface area (Å²) in [6.45, 7) is -4.92. The van der Waals surface area contributed by atoms with Crippen LogP contribution in [0.25, 0.3) is 10.2 Å². The molecule has 0 unspecified atom stereocenters. The first-order valence-corrected chi connectivity index (χ1v) is 4.48. The Hall–Kier alpha value is -1.04.